The van der Waals surface area contributed by atoms with E-state index in [4.69, 9.17) is 23.2 Å². The van der Waals surface area contributed by atoms with E-state index in [0.29, 0.717) is 23.6 Å². The molecule has 2 aliphatic rings. The monoisotopic (exact) mass is 326 g/mol. The molecule has 21 heavy (non-hydrogen) atoms. The Bertz CT molecular complexity index is 654. The Morgan fingerprint density at radius 1 is 1.05 bits per heavy atom. The van der Waals surface area contributed by atoms with Crippen molar-refractivity contribution in [2.45, 2.75) is 25.7 Å². The molecule has 1 spiro atoms. The summed E-state index contributed by atoms with van der Waals surface area (Å²) in [5.41, 5.74) is -0.814. The molecule has 1 aromatic carbocycles. The van der Waals surface area contributed by atoms with Gasteiger partial charge in [0.2, 0.25) is 5.91 Å². The molecule has 1 aliphatic carbocycles. The minimum Gasteiger partial charge on any atom is -0.276 e. The zero-order valence-electron chi connectivity index (χ0n) is 11.0. The highest BCUT2D eigenvalue weighted by Crippen LogP contribution is 2.43. The number of carbonyl (C=O) groups is 3. The summed E-state index contributed by atoms with van der Waals surface area (Å²) in [4.78, 5) is 37.9. The standard InChI is InChI=1S/C14H12Cl2N2O3/c15-9-4-3-8(7-10(9)16)18-12(20)14(5-1-2-6-14)11(19)17-13(18)21/h3-4,7H,1-2,5-6H2,(H,17,19,21). The van der Waals surface area contributed by atoms with Crippen molar-refractivity contribution in [3.05, 3.63) is 28.2 Å². The van der Waals surface area contributed by atoms with E-state index in [-0.39, 0.29) is 5.02 Å². The van der Waals surface area contributed by atoms with Crippen LogP contribution in [-0.4, -0.2) is 17.8 Å². The fraction of sp³-hybridized carbons (Fsp3) is 0.357. The minimum absolute atomic E-state index is 0.243. The second-order valence-corrected chi connectivity index (χ2v) is 6.10. The van der Waals surface area contributed by atoms with Gasteiger partial charge in [-0.25, -0.2) is 9.69 Å². The van der Waals surface area contributed by atoms with Gasteiger partial charge in [-0.2, -0.15) is 0 Å². The molecular weight excluding hydrogens is 315 g/mol. The summed E-state index contributed by atoms with van der Waals surface area (Å²) in [7, 11) is 0. The van der Waals surface area contributed by atoms with E-state index in [1.807, 2.05) is 0 Å². The lowest BCUT2D eigenvalue weighted by Crippen LogP contribution is -2.63. The SMILES string of the molecule is O=C1NC(=O)C2(CCCC2)C(=O)N1c1ccc(Cl)c(Cl)c1. The van der Waals surface area contributed by atoms with Gasteiger partial charge in [-0.3, -0.25) is 14.9 Å². The predicted octanol–water partition coefficient (Wildman–Crippen LogP) is 3.14. The average Bonchev–Trinajstić information content (AvgIpc) is 2.92. The summed E-state index contributed by atoms with van der Waals surface area (Å²) in [5.74, 6) is -0.974. The van der Waals surface area contributed by atoms with E-state index < -0.39 is 23.3 Å². The second kappa shape index (κ2) is 5.00. The number of nitrogens with one attached hydrogen (secondary N) is 1. The highest BCUT2D eigenvalue weighted by Gasteiger charge is 2.55. The molecule has 0 atom stereocenters. The number of rotatable bonds is 1. The van der Waals surface area contributed by atoms with Crippen molar-refractivity contribution in [2.24, 2.45) is 5.41 Å². The number of hydrogen-bond donors (Lipinski definition) is 1. The number of halogens is 2. The first-order chi connectivity index (χ1) is 9.95. The van der Waals surface area contributed by atoms with Gasteiger partial charge in [0.05, 0.1) is 15.7 Å². The lowest BCUT2D eigenvalue weighted by molar-refractivity contribution is -0.142. The van der Waals surface area contributed by atoms with Gasteiger partial charge in [0.25, 0.3) is 5.91 Å². The van der Waals surface area contributed by atoms with Crippen LogP contribution in [0.25, 0.3) is 0 Å². The average molecular weight is 327 g/mol. The van der Waals surface area contributed by atoms with Gasteiger partial charge >= 0.3 is 6.03 Å². The molecule has 0 aromatic heterocycles. The van der Waals surface area contributed by atoms with E-state index in [0.717, 1.165) is 17.7 Å². The molecule has 3 rings (SSSR count). The van der Waals surface area contributed by atoms with Crippen LogP contribution in [0.3, 0.4) is 0 Å². The molecule has 7 heteroatoms. The number of imide groups is 2. The van der Waals surface area contributed by atoms with E-state index in [9.17, 15) is 14.4 Å². The fourth-order valence-electron chi connectivity index (χ4n) is 2.95. The van der Waals surface area contributed by atoms with E-state index in [2.05, 4.69) is 5.32 Å². The Hall–Kier alpha value is -1.59. The quantitative estimate of drug-likeness (QED) is 0.806. The van der Waals surface area contributed by atoms with Crippen LogP contribution in [0.4, 0.5) is 10.5 Å². The van der Waals surface area contributed by atoms with Crippen LogP contribution >= 0.6 is 23.2 Å². The number of amides is 4. The van der Waals surface area contributed by atoms with Crippen molar-refractivity contribution >= 4 is 46.7 Å². The third-order valence-electron chi connectivity index (χ3n) is 4.09. The molecule has 0 radical (unpaired) electrons. The topological polar surface area (TPSA) is 66.5 Å². The van der Waals surface area contributed by atoms with Crippen LogP contribution in [0, 0.1) is 5.41 Å². The summed E-state index contributed by atoms with van der Waals surface area (Å²) < 4.78 is 0. The maximum absolute atomic E-state index is 12.7. The van der Waals surface area contributed by atoms with Gasteiger partial charge in [-0.15, -0.1) is 0 Å². The molecule has 1 heterocycles. The Morgan fingerprint density at radius 2 is 1.71 bits per heavy atom. The number of anilines is 1. The molecule has 1 aliphatic heterocycles. The first kappa shape index (κ1) is 14.4. The van der Waals surface area contributed by atoms with Gasteiger partial charge in [-0.1, -0.05) is 36.0 Å². The summed E-state index contributed by atoms with van der Waals surface area (Å²) in [5, 5.41) is 2.85. The van der Waals surface area contributed by atoms with E-state index in [1.54, 1.807) is 0 Å². The van der Waals surface area contributed by atoms with Crippen LogP contribution in [0.5, 0.6) is 0 Å². The smallest absolute Gasteiger partial charge is 0.276 e. The molecule has 2 fully saturated rings. The van der Waals surface area contributed by atoms with Crippen LogP contribution in [-0.2, 0) is 9.59 Å². The number of barbiturate groups is 1. The van der Waals surface area contributed by atoms with Gasteiger partial charge in [0, 0.05) is 0 Å². The summed E-state index contributed by atoms with van der Waals surface area (Å²) in [6.07, 6.45) is 2.51. The number of hydrogen-bond acceptors (Lipinski definition) is 3. The molecule has 1 N–H and O–H groups in total. The van der Waals surface area contributed by atoms with Crippen molar-refractivity contribution in [1.29, 1.82) is 0 Å². The van der Waals surface area contributed by atoms with Crippen LogP contribution in [0.1, 0.15) is 25.7 Å². The van der Waals surface area contributed by atoms with Gasteiger partial charge in [0.1, 0.15) is 5.41 Å². The van der Waals surface area contributed by atoms with Crippen molar-refractivity contribution in [3.8, 4) is 0 Å². The number of benzene rings is 1. The Morgan fingerprint density at radius 3 is 2.33 bits per heavy atom. The molecule has 1 aromatic rings. The highest BCUT2D eigenvalue weighted by atomic mass is 35.5. The minimum atomic E-state index is -1.12. The normalized spacial score (nSPS) is 21.0. The number of carbonyl (C=O) groups excluding carboxylic acids is 3. The molecular formula is C14H12Cl2N2O3. The van der Waals surface area contributed by atoms with Crippen LogP contribution < -0.4 is 10.2 Å². The Kier molecular flexibility index (Phi) is 3.42. The molecule has 1 saturated heterocycles. The lowest BCUT2D eigenvalue weighted by Gasteiger charge is -2.36. The van der Waals surface area contributed by atoms with E-state index >= 15 is 0 Å². The molecule has 0 bridgehead atoms. The van der Waals surface area contributed by atoms with Gasteiger partial charge in [-0.05, 0) is 31.0 Å². The fourth-order valence-corrected chi connectivity index (χ4v) is 3.25. The van der Waals surface area contributed by atoms with Gasteiger partial charge < -0.3 is 0 Å². The van der Waals surface area contributed by atoms with Gasteiger partial charge in [0.15, 0.2) is 0 Å². The third-order valence-corrected chi connectivity index (χ3v) is 4.83. The third kappa shape index (κ3) is 2.12. The molecule has 5 nitrogen and oxygen atoms in total. The molecule has 110 valence electrons. The largest absolute Gasteiger partial charge is 0.335 e. The van der Waals surface area contributed by atoms with Crippen LogP contribution in [0.15, 0.2) is 18.2 Å². The zero-order chi connectivity index (χ0) is 15.2. The van der Waals surface area contributed by atoms with Crippen molar-refractivity contribution in [1.82, 2.24) is 5.32 Å². The maximum Gasteiger partial charge on any atom is 0.335 e. The van der Waals surface area contributed by atoms with Crippen molar-refractivity contribution < 1.29 is 14.4 Å². The predicted molar refractivity (Wildman–Crippen MR) is 78.4 cm³/mol. The Balaban J connectivity index is 2.04. The number of nitrogens with zero attached hydrogens (tertiary/aromatic N) is 1. The highest BCUT2D eigenvalue weighted by molar-refractivity contribution is 6.42. The number of urea groups is 1. The van der Waals surface area contributed by atoms with Crippen molar-refractivity contribution in [2.75, 3.05) is 4.90 Å². The maximum atomic E-state index is 12.7. The van der Waals surface area contributed by atoms with Crippen LogP contribution in [0.2, 0.25) is 10.0 Å². The second-order valence-electron chi connectivity index (χ2n) is 5.29. The first-order valence-electron chi connectivity index (χ1n) is 6.61. The first-order valence-corrected chi connectivity index (χ1v) is 7.36. The lowest BCUT2D eigenvalue weighted by atomic mass is 9.82. The Labute approximate surface area is 131 Å². The summed E-state index contributed by atoms with van der Waals surface area (Å²) in [6.45, 7) is 0. The van der Waals surface area contributed by atoms with Crippen molar-refractivity contribution in [3.63, 3.8) is 0 Å². The molecule has 4 amide bonds. The zero-order valence-corrected chi connectivity index (χ0v) is 12.5. The summed E-state index contributed by atoms with van der Waals surface area (Å²) in [6, 6.07) is 3.74. The van der Waals surface area contributed by atoms with E-state index in [1.165, 1.54) is 18.2 Å². The molecule has 1 saturated carbocycles. The summed E-state index contributed by atoms with van der Waals surface area (Å²) >= 11 is 11.8. The molecule has 0 unspecified atom stereocenters.